The molecule has 0 aliphatic heterocycles. The first kappa shape index (κ1) is 28.0. The van der Waals surface area contributed by atoms with Gasteiger partial charge < -0.3 is 15.1 Å². The number of carbonyl (C=O) groups excluding carboxylic acids is 2. The Morgan fingerprint density at radius 1 is 1.12 bits per heavy atom. The monoisotopic (exact) mass is 568 g/mol. The minimum atomic E-state index is -0.312. The van der Waals surface area contributed by atoms with Crippen LogP contribution in [0.4, 0.5) is 11.6 Å². The molecule has 0 aliphatic carbocycles. The van der Waals surface area contributed by atoms with Gasteiger partial charge in [0.15, 0.2) is 12.2 Å². The van der Waals surface area contributed by atoms with Crippen molar-refractivity contribution < 1.29 is 14.0 Å². The van der Waals surface area contributed by atoms with E-state index in [1.807, 2.05) is 41.0 Å². The largest absolute Gasteiger partial charge is 0.443 e. The number of nitrogens with zero attached hydrogens (tertiary/aromatic N) is 3. The number of anilines is 2. The minimum Gasteiger partial charge on any atom is -0.443 e. The van der Waals surface area contributed by atoms with Crippen LogP contribution in [0.25, 0.3) is 27.4 Å². The fourth-order valence-corrected chi connectivity index (χ4v) is 5.02. The molecule has 3 N–H and O–H groups in total. The molecule has 0 bridgehead atoms. The van der Waals surface area contributed by atoms with Crippen molar-refractivity contribution in [3.63, 3.8) is 0 Å². The number of hydrogen-bond acceptors (Lipinski definition) is 7. The van der Waals surface area contributed by atoms with Crippen molar-refractivity contribution >= 4 is 45.8 Å². The number of benzene rings is 2. The lowest BCUT2D eigenvalue weighted by molar-refractivity contribution is -0.111. The SMILES string of the molecule is C=CC(=O)Nc1cccc(-n2c(NC(=O)c3ccc(-c4cnco4)s3)nc3cc(CN[C@@H](C)C(C)(C)C)ccc32)c1. The van der Waals surface area contributed by atoms with Gasteiger partial charge in [-0.25, -0.2) is 9.97 Å². The summed E-state index contributed by atoms with van der Waals surface area (Å²) in [6, 6.07) is 17.3. The van der Waals surface area contributed by atoms with Gasteiger partial charge in [-0.05, 0) is 66.4 Å². The van der Waals surface area contributed by atoms with Crippen LogP contribution in [0.5, 0.6) is 0 Å². The Balaban J connectivity index is 1.50. The van der Waals surface area contributed by atoms with E-state index in [0.29, 0.717) is 34.9 Å². The van der Waals surface area contributed by atoms with E-state index in [2.05, 4.69) is 61.3 Å². The fraction of sp³-hybridized carbons (Fsp3) is 0.226. The van der Waals surface area contributed by atoms with Crippen molar-refractivity contribution in [3.8, 4) is 16.3 Å². The van der Waals surface area contributed by atoms with E-state index in [-0.39, 0.29) is 17.2 Å². The van der Waals surface area contributed by atoms with Gasteiger partial charge in [0.1, 0.15) is 0 Å². The van der Waals surface area contributed by atoms with Gasteiger partial charge in [-0.3, -0.25) is 19.5 Å². The lowest BCUT2D eigenvalue weighted by atomic mass is 9.88. The third-order valence-corrected chi connectivity index (χ3v) is 8.02. The first-order chi connectivity index (χ1) is 19.6. The molecule has 2 amide bonds. The Morgan fingerprint density at radius 3 is 2.68 bits per heavy atom. The molecule has 41 heavy (non-hydrogen) atoms. The molecule has 5 rings (SSSR count). The predicted molar refractivity (Wildman–Crippen MR) is 163 cm³/mol. The molecule has 0 saturated carbocycles. The number of fused-ring (bicyclic) bond motifs is 1. The normalized spacial score (nSPS) is 12.3. The second-order valence-corrected chi connectivity index (χ2v) is 11.9. The number of rotatable bonds is 9. The number of imidazole rings is 1. The zero-order valence-electron chi connectivity index (χ0n) is 23.4. The van der Waals surface area contributed by atoms with Crippen molar-refractivity contribution in [2.75, 3.05) is 10.6 Å². The van der Waals surface area contributed by atoms with Gasteiger partial charge in [-0.15, -0.1) is 11.3 Å². The maximum Gasteiger partial charge on any atom is 0.268 e. The van der Waals surface area contributed by atoms with Gasteiger partial charge in [0, 0.05) is 18.3 Å². The molecule has 3 heterocycles. The summed E-state index contributed by atoms with van der Waals surface area (Å²) in [7, 11) is 0. The number of thiophene rings is 1. The summed E-state index contributed by atoms with van der Waals surface area (Å²) in [6.45, 7) is 13.0. The molecule has 9 nitrogen and oxygen atoms in total. The molecule has 210 valence electrons. The Labute approximate surface area is 242 Å². The highest BCUT2D eigenvalue weighted by molar-refractivity contribution is 7.17. The van der Waals surface area contributed by atoms with Crippen LogP contribution in [0.3, 0.4) is 0 Å². The van der Waals surface area contributed by atoms with Crippen molar-refractivity contribution in [2.45, 2.75) is 40.3 Å². The van der Waals surface area contributed by atoms with Crippen LogP contribution in [0.15, 0.2) is 84.3 Å². The molecule has 5 aromatic rings. The summed E-state index contributed by atoms with van der Waals surface area (Å²) in [5.41, 5.74) is 4.08. The van der Waals surface area contributed by atoms with E-state index in [1.54, 1.807) is 18.3 Å². The minimum absolute atomic E-state index is 0.129. The van der Waals surface area contributed by atoms with Crippen molar-refractivity contribution in [1.82, 2.24) is 19.9 Å². The van der Waals surface area contributed by atoms with Gasteiger partial charge in [0.05, 0.1) is 32.7 Å². The Bertz CT molecular complexity index is 1710. The second-order valence-electron chi connectivity index (χ2n) is 10.8. The molecule has 10 heteroatoms. The Morgan fingerprint density at radius 2 is 1.95 bits per heavy atom. The summed E-state index contributed by atoms with van der Waals surface area (Å²) in [5.74, 6) is 0.351. The average molecular weight is 569 g/mol. The van der Waals surface area contributed by atoms with E-state index in [4.69, 9.17) is 9.40 Å². The number of aromatic nitrogens is 3. The number of nitrogens with one attached hydrogen (secondary N) is 3. The molecule has 0 aliphatic rings. The first-order valence-electron chi connectivity index (χ1n) is 13.2. The van der Waals surface area contributed by atoms with Crippen LogP contribution in [0.2, 0.25) is 0 Å². The predicted octanol–water partition coefficient (Wildman–Crippen LogP) is 6.64. The molecule has 0 saturated heterocycles. The zero-order valence-corrected chi connectivity index (χ0v) is 24.2. The lowest BCUT2D eigenvalue weighted by Gasteiger charge is -2.28. The second kappa shape index (κ2) is 11.5. The summed E-state index contributed by atoms with van der Waals surface area (Å²) >= 11 is 1.30. The van der Waals surface area contributed by atoms with Crippen molar-refractivity contribution in [1.29, 1.82) is 0 Å². The molecule has 3 aromatic heterocycles. The molecule has 0 radical (unpaired) electrons. The Kier molecular flexibility index (Phi) is 7.87. The van der Waals surface area contributed by atoms with E-state index in [9.17, 15) is 9.59 Å². The summed E-state index contributed by atoms with van der Waals surface area (Å²) < 4.78 is 7.24. The van der Waals surface area contributed by atoms with Gasteiger partial charge in [0.25, 0.3) is 5.91 Å². The lowest BCUT2D eigenvalue weighted by Crippen LogP contribution is -2.37. The molecule has 0 fully saturated rings. The highest BCUT2D eigenvalue weighted by Crippen LogP contribution is 2.31. The summed E-state index contributed by atoms with van der Waals surface area (Å²) in [6.07, 6.45) is 4.19. The summed E-state index contributed by atoms with van der Waals surface area (Å²) in [5, 5.41) is 9.38. The van der Waals surface area contributed by atoms with Gasteiger partial charge >= 0.3 is 0 Å². The molecular weight excluding hydrogens is 536 g/mol. The van der Waals surface area contributed by atoms with E-state index < -0.39 is 0 Å². The van der Waals surface area contributed by atoms with Crippen LogP contribution in [-0.2, 0) is 11.3 Å². The van der Waals surface area contributed by atoms with E-state index >= 15 is 0 Å². The Hall–Kier alpha value is -4.54. The maximum absolute atomic E-state index is 13.4. The first-order valence-corrected chi connectivity index (χ1v) is 14.0. The quantitative estimate of drug-likeness (QED) is 0.172. The summed E-state index contributed by atoms with van der Waals surface area (Å²) in [4.78, 5) is 35.4. The number of carbonyl (C=O) groups is 2. The molecular formula is C31H32N6O3S. The van der Waals surface area contributed by atoms with Crippen LogP contribution in [-0.4, -0.2) is 32.4 Å². The number of hydrogen-bond donors (Lipinski definition) is 3. The van der Waals surface area contributed by atoms with E-state index in [0.717, 1.165) is 27.2 Å². The topological polar surface area (TPSA) is 114 Å². The highest BCUT2D eigenvalue weighted by atomic mass is 32.1. The van der Waals surface area contributed by atoms with Crippen LogP contribution in [0.1, 0.15) is 42.9 Å². The molecule has 1 atom stereocenters. The average Bonchev–Trinajstić information content (AvgIpc) is 3.70. The maximum atomic E-state index is 13.4. The fourth-order valence-electron chi connectivity index (χ4n) is 4.17. The van der Waals surface area contributed by atoms with Crippen LogP contribution < -0.4 is 16.0 Å². The number of amides is 2. The third kappa shape index (κ3) is 6.29. The van der Waals surface area contributed by atoms with Crippen LogP contribution in [0, 0.1) is 5.41 Å². The van der Waals surface area contributed by atoms with Crippen molar-refractivity contribution in [2.24, 2.45) is 5.41 Å². The van der Waals surface area contributed by atoms with Gasteiger partial charge in [-0.2, -0.15) is 0 Å². The molecule has 0 unspecified atom stereocenters. The molecule has 2 aromatic carbocycles. The van der Waals surface area contributed by atoms with Gasteiger partial charge in [-0.1, -0.05) is 39.5 Å². The molecule has 0 spiro atoms. The number of oxazole rings is 1. The zero-order chi connectivity index (χ0) is 29.1. The van der Waals surface area contributed by atoms with E-state index in [1.165, 1.54) is 23.8 Å². The van der Waals surface area contributed by atoms with Crippen molar-refractivity contribution in [3.05, 3.63) is 90.3 Å². The van der Waals surface area contributed by atoms with Gasteiger partial charge in [0.2, 0.25) is 11.9 Å². The standard InChI is InChI=1S/C31H32N6O3S/c1-6-28(38)34-21-8-7-9-22(15-21)37-24-11-10-20(16-33-19(2)31(3,4)5)14-23(24)35-30(37)36-29(39)27-13-12-26(41-27)25-17-32-18-40-25/h6-15,17-19,33H,1,16H2,2-5H3,(H,34,38)(H,35,36,39)/t19-/m0/s1. The third-order valence-electron chi connectivity index (χ3n) is 6.92. The highest BCUT2D eigenvalue weighted by Gasteiger charge is 2.21. The van der Waals surface area contributed by atoms with Crippen LogP contribution >= 0.6 is 11.3 Å². The smallest absolute Gasteiger partial charge is 0.268 e.